The van der Waals surface area contributed by atoms with Crippen molar-refractivity contribution >= 4 is 0 Å². The number of aliphatic hydroxyl groups is 1. The van der Waals surface area contributed by atoms with Gasteiger partial charge >= 0.3 is 0 Å². The van der Waals surface area contributed by atoms with Crippen molar-refractivity contribution in [2.24, 2.45) is 0 Å². The van der Waals surface area contributed by atoms with E-state index in [2.05, 4.69) is 4.98 Å². The summed E-state index contributed by atoms with van der Waals surface area (Å²) < 4.78 is 31.7. The Morgan fingerprint density at radius 3 is 2.79 bits per heavy atom. The van der Waals surface area contributed by atoms with Gasteiger partial charge in [-0.1, -0.05) is 12.1 Å². The molecule has 1 unspecified atom stereocenters. The number of methoxy groups -OCH3 is 1. The van der Waals surface area contributed by atoms with Crippen molar-refractivity contribution in [3.8, 4) is 5.75 Å². The number of hydrogen-bond acceptors (Lipinski definition) is 3. The topological polar surface area (TPSA) is 42.4 Å². The van der Waals surface area contributed by atoms with Crippen LogP contribution in [0.15, 0.2) is 36.5 Å². The molecule has 0 aliphatic carbocycles. The van der Waals surface area contributed by atoms with Crippen LogP contribution >= 0.6 is 0 Å². The molecule has 19 heavy (non-hydrogen) atoms. The zero-order valence-corrected chi connectivity index (χ0v) is 10.3. The van der Waals surface area contributed by atoms with Crippen molar-refractivity contribution in [2.75, 3.05) is 7.11 Å². The molecule has 0 saturated carbocycles. The highest BCUT2D eigenvalue weighted by Gasteiger charge is 2.18. The molecule has 1 N–H and O–H groups in total. The number of pyridine rings is 1. The third-order valence-electron chi connectivity index (χ3n) is 2.78. The van der Waals surface area contributed by atoms with Crippen LogP contribution in [-0.2, 0) is 6.42 Å². The summed E-state index contributed by atoms with van der Waals surface area (Å²) in [5.41, 5.74) is 0.397. The lowest BCUT2D eigenvalue weighted by atomic mass is 10.0. The lowest BCUT2D eigenvalue weighted by Crippen LogP contribution is -2.08. The Bertz CT molecular complexity index is 575. The number of aliphatic hydroxyl groups excluding tert-OH is 1. The van der Waals surface area contributed by atoms with Gasteiger partial charge in [-0.05, 0) is 23.8 Å². The molecule has 0 aliphatic heterocycles. The van der Waals surface area contributed by atoms with E-state index < -0.39 is 17.7 Å². The zero-order valence-electron chi connectivity index (χ0n) is 10.3. The van der Waals surface area contributed by atoms with Crippen LogP contribution in [0.2, 0.25) is 0 Å². The van der Waals surface area contributed by atoms with Crippen LogP contribution in [0.3, 0.4) is 0 Å². The standard InChI is InChI=1S/C14H13F2NO2/c1-19-12-6-3-7-17-14(12)11(18)8-9-4-2-5-10(15)13(9)16/h2-7,11,18H,8H2,1H3. The summed E-state index contributed by atoms with van der Waals surface area (Å²) in [5.74, 6) is -1.47. The van der Waals surface area contributed by atoms with Gasteiger partial charge in [0.2, 0.25) is 0 Å². The first-order valence-electron chi connectivity index (χ1n) is 5.73. The molecule has 2 aromatic rings. The van der Waals surface area contributed by atoms with Crippen LogP contribution in [0.5, 0.6) is 5.75 Å². The maximum Gasteiger partial charge on any atom is 0.162 e. The van der Waals surface area contributed by atoms with E-state index in [1.165, 1.54) is 25.4 Å². The van der Waals surface area contributed by atoms with Crippen LogP contribution in [0.25, 0.3) is 0 Å². The summed E-state index contributed by atoms with van der Waals surface area (Å²) in [7, 11) is 1.45. The summed E-state index contributed by atoms with van der Waals surface area (Å²) in [4.78, 5) is 4.01. The second-order valence-corrected chi connectivity index (χ2v) is 4.02. The fraction of sp³-hybridized carbons (Fsp3) is 0.214. The number of ether oxygens (including phenoxy) is 1. The quantitative estimate of drug-likeness (QED) is 0.924. The fourth-order valence-electron chi connectivity index (χ4n) is 1.84. The molecule has 3 nitrogen and oxygen atoms in total. The Balaban J connectivity index is 2.26. The first-order chi connectivity index (χ1) is 9.13. The van der Waals surface area contributed by atoms with E-state index in [4.69, 9.17) is 4.74 Å². The third-order valence-corrected chi connectivity index (χ3v) is 2.78. The minimum atomic E-state index is -1.06. The van der Waals surface area contributed by atoms with Crippen molar-refractivity contribution in [1.82, 2.24) is 4.98 Å². The maximum absolute atomic E-state index is 13.5. The summed E-state index contributed by atoms with van der Waals surface area (Å²) >= 11 is 0. The van der Waals surface area contributed by atoms with Crippen molar-refractivity contribution in [3.05, 3.63) is 59.4 Å². The first-order valence-corrected chi connectivity index (χ1v) is 5.73. The molecule has 0 amide bonds. The SMILES string of the molecule is COc1cccnc1C(O)Cc1cccc(F)c1F. The largest absolute Gasteiger partial charge is 0.495 e. The van der Waals surface area contributed by atoms with Crippen LogP contribution in [0.1, 0.15) is 17.4 Å². The highest BCUT2D eigenvalue weighted by atomic mass is 19.2. The monoisotopic (exact) mass is 265 g/mol. The molecule has 0 fully saturated rings. The molecule has 1 atom stereocenters. The lowest BCUT2D eigenvalue weighted by molar-refractivity contribution is 0.167. The number of aromatic nitrogens is 1. The fourth-order valence-corrected chi connectivity index (χ4v) is 1.84. The Hall–Kier alpha value is -2.01. The molecule has 1 heterocycles. The highest BCUT2D eigenvalue weighted by molar-refractivity contribution is 5.30. The van der Waals surface area contributed by atoms with Gasteiger partial charge in [-0.2, -0.15) is 0 Å². The van der Waals surface area contributed by atoms with Crippen molar-refractivity contribution in [2.45, 2.75) is 12.5 Å². The van der Waals surface area contributed by atoms with Crippen LogP contribution < -0.4 is 4.74 Å². The molecule has 2 rings (SSSR count). The zero-order chi connectivity index (χ0) is 13.8. The smallest absolute Gasteiger partial charge is 0.162 e. The van der Waals surface area contributed by atoms with Gasteiger partial charge in [-0.15, -0.1) is 0 Å². The van der Waals surface area contributed by atoms with Gasteiger partial charge in [0, 0.05) is 12.6 Å². The van der Waals surface area contributed by atoms with Gasteiger partial charge in [-0.25, -0.2) is 8.78 Å². The Labute approximate surface area is 109 Å². The number of rotatable bonds is 4. The normalized spacial score (nSPS) is 12.2. The van der Waals surface area contributed by atoms with E-state index in [-0.39, 0.29) is 12.0 Å². The van der Waals surface area contributed by atoms with Crippen molar-refractivity contribution < 1.29 is 18.6 Å². The second kappa shape index (κ2) is 5.75. The third kappa shape index (κ3) is 2.88. The number of benzene rings is 1. The Kier molecular flexibility index (Phi) is 4.06. The Morgan fingerprint density at radius 1 is 1.26 bits per heavy atom. The van der Waals surface area contributed by atoms with Crippen LogP contribution in [-0.4, -0.2) is 17.2 Å². The van der Waals surface area contributed by atoms with Crippen molar-refractivity contribution in [1.29, 1.82) is 0 Å². The maximum atomic E-state index is 13.5. The van der Waals surface area contributed by atoms with Gasteiger partial charge in [0.15, 0.2) is 11.6 Å². The predicted octanol–water partition coefficient (Wildman–Crippen LogP) is 2.64. The van der Waals surface area contributed by atoms with E-state index in [0.717, 1.165) is 6.07 Å². The minimum Gasteiger partial charge on any atom is -0.495 e. The molecule has 0 saturated heterocycles. The van der Waals surface area contributed by atoms with E-state index in [1.54, 1.807) is 12.1 Å². The van der Waals surface area contributed by atoms with Gasteiger partial charge in [0.25, 0.3) is 0 Å². The average molecular weight is 265 g/mol. The molecule has 100 valence electrons. The Morgan fingerprint density at radius 2 is 2.05 bits per heavy atom. The number of halogens is 2. The summed E-state index contributed by atoms with van der Waals surface area (Å²) in [6.45, 7) is 0. The molecular weight excluding hydrogens is 252 g/mol. The summed E-state index contributed by atoms with van der Waals surface area (Å²) in [6, 6.07) is 7.17. The molecule has 0 aliphatic rings. The molecule has 5 heteroatoms. The van der Waals surface area contributed by atoms with E-state index >= 15 is 0 Å². The second-order valence-electron chi connectivity index (χ2n) is 4.02. The van der Waals surface area contributed by atoms with Gasteiger partial charge in [-0.3, -0.25) is 4.98 Å². The average Bonchev–Trinajstić information content (AvgIpc) is 2.43. The lowest BCUT2D eigenvalue weighted by Gasteiger charge is -2.14. The molecule has 1 aromatic heterocycles. The summed E-state index contributed by atoms with van der Waals surface area (Å²) in [6.07, 6.45) is 0.368. The predicted molar refractivity (Wildman–Crippen MR) is 65.8 cm³/mol. The minimum absolute atomic E-state index is 0.0725. The van der Waals surface area contributed by atoms with Crippen molar-refractivity contribution in [3.63, 3.8) is 0 Å². The summed E-state index contributed by atoms with van der Waals surface area (Å²) in [5, 5.41) is 10.1. The molecular formula is C14H13F2NO2. The molecule has 1 aromatic carbocycles. The highest BCUT2D eigenvalue weighted by Crippen LogP contribution is 2.26. The molecule has 0 bridgehead atoms. The van der Waals surface area contributed by atoms with Gasteiger partial charge in [0.05, 0.1) is 7.11 Å². The van der Waals surface area contributed by atoms with E-state index in [1.807, 2.05) is 0 Å². The number of hydrogen-bond donors (Lipinski definition) is 1. The first kappa shape index (κ1) is 13.4. The molecule has 0 radical (unpaired) electrons. The van der Waals surface area contributed by atoms with Crippen LogP contribution in [0, 0.1) is 11.6 Å². The van der Waals surface area contributed by atoms with Gasteiger partial charge < -0.3 is 9.84 Å². The van der Waals surface area contributed by atoms with E-state index in [9.17, 15) is 13.9 Å². The van der Waals surface area contributed by atoms with Gasteiger partial charge in [0.1, 0.15) is 17.5 Å². The van der Waals surface area contributed by atoms with E-state index in [0.29, 0.717) is 11.4 Å². The number of nitrogens with zero attached hydrogens (tertiary/aromatic N) is 1. The molecule has 0 spiro atoms. The van der Waals surface area contributed by atoms with Crippen LogP contribution in [0.4, 0.5) is 8.78 Å².